The van der Waals surface area contributed by atoms with Crippen molar-refractivity contribution in [3.8, 4) is 0 Å². The molecule has 0 spiro atoms. The van der Waals surface area contributed by atoms with Gasteiger partial charge in [-0.25, -0.2) is 15.8 Å². The van der Waals surface area contributed by atoms with Gasteiger partial charge in [0, 0.05) is 12.1 Å². The highest BCUT2D eigenvalue weighted by Crippen LogP contribution is 2.16. The summed E-state index contributed by atoms with van der Waals surface area (Å²) in [6, 6.07) is 0. The molecule has 84 valence electrons. The molecule has 1 aromatic rings. The molecule has 7 heteroatoms. The Labute approximate surface area is 87.3 Å². The first-order valence-corrected chi connectivity index (χ1v) is 4.50. The summed E-state index contributed by atoms with van der Waals surface area (Å²) in [5, 5.41) is 20.6. The maximum atomic E-state index is 9.14. The maximum absolute atomic E-state index is 9.14. The highest BCUT2D eigenvalue weighted by molar-refractivity contribution is 5.55. The SMILES string of the molecule is Cc1c(NN)ncnc1NCC(O)CO. The predicted molar refractivity (Wildman–Crippen MR) is 56.2 cm³/mol. The number of aliphatic hydroxyl groups is 2. The average Bonchev–Trinajstić information content (AvgIpc) is 2.27. The molecule has 7 nitrogen and oxygen atoms in total. The van der Waals surface area contributed by atoms with E-state index in [1.54, 1.807) is 6.92 Å². The van der Waals surface area contributed by atoms with E-state index in [1.165, 1.54) is 6.33 Å². The third kappa shape index (κ3) is 3.01. The number of nitrogens with one attached hydrogen (secondary N) is 2. The molecule has 0 radical (unpaired) electrons. The maximum Gasteiger partial charge on any atom is 0.148 e. The van der Waals surface area contributed by atoms with Crippen molar-refractivity contribution in [1.29, 1.82) is 0 Å². The van der Waals surface area contributed by atoms with Gasteiger partial charge in [0.25, 0.3) is 0 Å². The van der Waals surface area contributed by atoms with E-state index >= 15 is 0 Å². The number of anilines is 2. The zero-order chi connectivity index (χ0) is 11.3. The summed E-state index contributed by atoms with van der Waals surface area (Å²) in [6.07, 6.45) is 0.546. The Morgan fingerprint density at radius 2 is 2.13 bits per heavy atom. The molecule has 0 saturated heterocycles. The van der Waals surface area contributed by atoms with Crippen LogP contribution in [0.4, 0.5) is 11.6 Å². The number of nitrogens with two attached hydrogens (primary N) is 1. The molecular weight excluding hydrogens is 198 g/mol. The second-order valence-corrected chi connectivity index (χ2v) is 3.06. The number of hydrazine groups is 1. The Balaban J connectivity index is 2.68. The Morgan fingerprint density at radius 1 is 1.47 bits per heavy atom. The predicted octanol–water partition coefficient (Wildman–Crippen LogP) is -1.16. The van der Waals surface area contributed by atoms with E-state index in [0.717, 1.165) is 5.56 Å². The van der Waals surface area contributed by atoms with Crippen molar-refractivity contribution in [2.24, 2.45) is 5.84 Å². The Morgan fingerprint density at radius 3 is 2.73 bits per heavy atom. The van der Waals surface area contributed by atoms with Gasteiger partial charge < -0.3 is 21.0 Å². The zero-order valence-electron chi connectivity index (χ0n) is 8.44. The largest absolute Gasteiger partial charge is 0.394 e. The molecule has 0 amide bonds. The molecule has 0 aromatic carbocycles. The lowest BCUT2D eigenvalue weighted by molar-refractivity contribution is 0.105. The minimum Gasteiger partial charge on any atom is -0.394 e. The van der Waals surface area contributed by atoms with Gasteiger partial charge in [-0.05, 0) is 6.92 Å². The number of nitrogen functional groups attached to an aromatic ring is 1. The number of rotatable bonds is 5. The van der Waals surface area contributed by atoms with Crippen LogP contribution in [0, 0.1) is 6.92 Å². The lowest BCUT2D eigenvalue weighted by Gasteiger charge is -2.12. The zero-order valence-corrected chi connectivity index (χ0v) is 8.44. The van der Waals surface area contributed by atoms with E-state index in [2.05, 4.69) is 20.7 Å². The Bertz CT molecular complexity index is 320. The van der Waals surface area contributed by atoms with Gasteiger partial charge in [-0.1, -0.05) is 0 Å². The lowest BCUT2D eigenvalue weighted by Crippen LogP contribution is -2.24. The fraction of sp³-hybridized carbons (Fsp3) is 0.500. The number of hydrogen-bond acceptors (Lipinski definition) is 7. The van der Waals surface area contributed by atoms with E-state index in [0.29, 0.717) is 11.6 Å². The van der Waals surface area contributed by atoms with Crippen LogP contribution >= 0.6 is 0 Å². The summed E-state index contributed by atoms with van der Waals surface area (Å²) in [4.78, 5) is 7.89. The van der Waals surface area contributed by atoms with Crippen LogP contribution in [0.1, 0.15) is 5.56 Å². The fourth-order valence-electron chi connectivity index (χ4n) is 1.05. The highest BCUT2D eigenvalue weighted by atomic mass is 16.3. The minimum absolute atomic E-state index is 0.221. The smallest absolute Gasteiger partial charge is 0.148 e. The van der Waals surface area contributed by atoms with E-state index in [9.17, 15) is 0 Å². The van der Waals surface area contributed by atoms with E-state index in [-0.39, 0.29) is 13.2 Å². The van der Waals surface area contributed by atoms with Gasteiger partial charge in [-0.15, -0.1) is 0 Å². The van der Waals surface area contributed by atoms with Crippen molar-refractivity contribution in [3.05, 3.63) is 11.9 Å². The summed E-state index contributed by atoms with van der Waals surface area (Å²) >= 11 is 0. The number of hydrogen-bond donors (Lipinski definition) is 5. The number of aromatic nitrogens is 2. The molecule has 15 heavy (non-hydrogen) atoms. The molecule has 6 N–H and O–H groups in total. The first-order valence-electron chi connectivity index (χ1n) is 4.50. The van der Waals surface area contributed by atoms with Crippen molar-refractivity contribution in [2.45, 2.75) is 13.0 Å². The van der Waals surface area contributed by atoms with E-state index in [4.69, 9.17) is 16.1 Å². The topological polar surface area (TPSA) is 116 Å². The van der Waals surface area contributed by atoms with Crippen molar-refractivity contribution >= 4 is 11.6 Å². The van der Waals surface area contributed by atoms with Crippen LogP contribution in [-0.2, 0) is 0 Å². The van der Waals surface area contributed by atoms with E-state index in [1.807, 2.05) is 0 Å². The van der Waals surface area contributed by atoms with E-state index < -0.39 is 6.10 Å². The number of aliphatic hydroxyl groups excluding tert-OH is 2. The quantitative estimate of drug-likeness (QED) is 0.309. The summed E-state index contributed by atoms with van der Waals surface area (Å²) < 4.78 is 0. The second-order valence-electron chi connectivity index (χ2n) is 3.06. The Hall–Kier alpha value is -1.44. The molecule has 0 aliphatic rings. The molecule has 0 aliphatic carbocycles. The van der Waals surface area contributed by atoms with Gasteiger partial charge in [-0.2, -0.15) is 0 Å². The molecule has 1 unspecified atom stereocenters. The monoisotopic (exact) mass is 213 g/mol. The molecule has 1 atom stereocenters. The molecule has 0 aliphatic heterocycles. The van der Waals surface area contributed by atoms with Gasteiger partial charge in [0.05, 0.1) is 12.7 Å². The second kappa shape index (κ2) is 5.44. The van der Waals surface area contributed by atoms with Crippen LogP contribution in [0.3, 0.4) is 0 Å². The minimum atomic E-state index is -0.811. The van der Waals surface area contributed by atoms with Crippen molar-refractivity contribution < 1.29 is 10.2 Å². The van der Waals surface area contributed by atoms with Crippen molar-refractivity contribution in [2.75, 3.05) is 23.9 Å². The summed E-state index contributed by atoms with van der Waals surface area (Å²) in [5.74, 6) is 6.34. The van der Waals surface area contributed by atoms with Gasteiger partial charge in [0.2, 0.25) is 0 Å². The van der Waals surface area contributed by atoms with Crippen LogP contribution in [-0.4, -0.2) is 39.4 Å². The summed E-state index contributed by atoms with van der Waals surface area (Å²) in [6.45, 7) is 1.72. The fourth-order valence-corrected chi connectivity index (χ4v) is 1.05. The Kier molecular flexibility index (Phi) is 4.22. The van der Waals surface area contributed by atoms with Gasteiger partial charge >= 0.3 is 0 Å². The highest BCUT2D eigenvalue weighted by Gasteiger charge is 2.07. The third-order valence-electron chi connectivity index (χ3n) is 1.94. The average molecular weight is 213 g/mol. The van der Waals surface area contributed by atoms with Crippen molar-refractivity contribution in [3.63, 3.8) is 0 Å². The summed E-state index contributed by atoms with van der Waals surface area (Å²) in [5.41, 5.74) is 3.19. The number of nitrogens with zero attached hydrogens (tertiary/aromatic N) is 2. The third-order valence-corrected chi connectivity index (χ3v) is 1.94. The van der Waals surface area contributed by atoms with Crippen LogP contribution in [0.2, 0.25) is 0 Å². The molecule has 0 bridgehead atoms. The first kappa shape index (κ1) is 11.6. The molecular formula is C8H15N5O2. The van der Waals surface area contributed by atoms with Crippen LogP contribution < -0.4 is 16.6 Å². The van der Waals surface area contributed by atoms with Crippen LogP contribution in [0.5, 0.6) is 0 Å². The lowest BCUT2D eigenvalue weighted by atomic mass is 10.3. The summed E-state index contributed by atoms with van der Waals surface area (Å²) in [7, 11) is 0. The van der Waals surface area contributed by atoms with Gasteiger partial charge in [0.15, 0.2) is 0 Å². The standard InChI is InChI=1S/C8H15N5O2/c1-5-7(10-2-6(15)3-14)11-4-12-8(5)13-9/h4,6,14-15H,2-3,9H2,1H3,(H2,10,11,12,13). The van der Waals surface area contributed by atoms with Crippen molar-refractivity contribution in [1.82, 2.24) is 9.97 Å². The molecule has 1 rings (SSSR count). The van der Waals surface area contributed by atoms with Gasteiger partial charge in [-0.3, -0.25) is 0 Å². The molecule has 0 fully saturated rings. The molecule has 1 aromatic heterocycles. The van der Waals surface area contributed by atoms with Crippen LogP contribution in [0.25, 0.3) is 0 Å². The van der Waals surface area contributed by atoms with Crippen LogP contribution in [0.15, 0.2) is 6.33 Å². The molecule has 1 heterocycles. The normalized spacial score (nSPS) is 12.3. The first-order chi connectivity index (χ1) is 7.19. The molecule has 0 saturated carbocycles. The van der Waals surface area contributed by atoms with Gasteiger partial charge in [0.1, 0.15) is 18.0 Å².